The molecule has 0 amide bonds. The van der Waals surface area contributed by atoms with Crippen molar-refractivity contribution < 1.29 is 9.72 Å². The largest absolute Gasteiger partial charge is 0.303 e. The second-order valence-electron chi connectivity index (χ2n) is 4.89. The van der Waals surface area contributed by atoms with Crippen molar-refractivity contribution in [1.82, 2.24) is 0 Å². The molecule has 0 bridgehead atoms. The fraction of sp³-hybridized carbons (Fsp3) is 0.533. The van der Waals surface area contributed by atoms with Crippen molar-refractivity contribution in [2.24, 2.45) is 11.8 Å². The van der Waals surface area contributed by atoms with E-state index in [0.717, 1.165) is 31.1 Å². The molecule has 0 aliphatic rings. The Balaban J connectivity index is 2.63. The Bertz CT molecular complexity index is 392. The first kappa shape index (κ1) is 15.3. The highest BCUT2D eigenvalue weighted by atomic mass is 16.6. The second kappa shape index (κ2) is 8.40. The number of carbonyl (C=O) groups excluding carboxylic acids is 1. The van der Waals surface area contributed by atoms with E-state index in [4.69, 9.17) is 0 Å². The molecule has 1 rings (SSSR count). The minimum atomic E-state index is -0.304. The van der Waals surface area contributed by atoms with Crippen LogP contribution in [0.2, 0.25) is 0 Å². The number of carbonyl (C=O) groups is 1. The van der Waals surface area contributed by atoms with Crippen LogP contribution in [0.15, 0.2) is 30.3 Å². The molecule has 0 fully saturated rings. The molecule has 1 aromatic carbocycles. The number of hydrogen-bond acceptors (Lipinski definition) is 3. The van der Waals surface area contributed by atoms with E-state index in [-0.39, 0.29) is 23.3 Å². The predicted octanol–water partition coefficient (Wildman–Crippen LogP) is 3.13. The smallest absolute Gasteiger partial charge is 0.207 e. The Kier molecular flexibility index (Phi) is 6.79. The molecular formula is C15H21NO3. The van der Waals surface area contributed by atoms with E-state index in [9.17, 15) is 14.9 Å². The highest BCUT2D eigenvalue weighted by Crippen LogP contribution is 2.22. The summed E-state index contributed by atoms with van der Waals surface area (Å²) in [4.78, 5) is 21.5. The molecule has 2 unspecified atom stereocenters. The van der Waals surface area contributed by atoms with Crippen LogP contribution >= 0.6 is 0 Å². The fourth-order valence-electron chi connectivity index (χ4n) is 2.38. The topological polar surface area (TPSA) is 60.2 Å². The molecule has 0 N–H and O–H groups in total. The summed E-state index contributed by atoms with van der Waals surface area (Å²) in [7, 11) is 0. The number of hydrogen-bond donors (Lipinski definition) is 0. The first-order valence-corrected chi connectivity index (χ1v) is 6.78. The summed E-state index contributed by atoms with van der Waals surface area (Å²) in [5, 5.41) is 10.7. The first-order chi connectivity index (χ1) is 9.17. The van der Waals surface area contributed by atoms with E-state index in [1.165, 1.54) is 0 Å². The Morgan fingerprint density at radius 2 is 1.95 bits per heavy atom. The van der Waals surface area contributed by atoms with E-state index in [1.807, 2.05) is 37.3 Å². The standard InChI is InChI=1S/C15H21NO3/c1-2-6-15(12-17)14(11-16(18)19)10-9-13-7-4-3-5-8-13/h3-5,7-8,12,14-15H,2,6,9-11H2,1H3. The minimum absolute atomic E-state index is 0.115. The number of nitrogens with zero attached hydrogens (tertiary/aromatic N) is 1. The maximum absolute atomic E-state index is 11.1. The van der Waals surface area contributed by atoms with E-state index < -0.39 is 0 Å². The lowest BCUT2D eigenvalue weighted by molar-refractivity contribution is -0.489. The average Bonchev–Trinajstić information content (AvgIpc) is 2.42. The monoisotopic (exact) mass is 263 g/mol. The fourth-order valence-corrected chi connectivity index (χ4v) is 2.38. The molecule has 19 heavy (non-hydrogen) atoms. The molecule has 0 aromatic heterocycles. The normalized spacial score (nSPS) is 13.7. The molecular weight excluding hydrogens is 242 g/mol. The second-order valence-corrected chi connectivity index (χ2v) is 4.89. The van der Waals surface area contributed by atoms with Gasteiger partial charge >= 0.3 is 0 Å². The Hall–Kier alpha value is -1.71. The molecule has 0 heterocycles. The maximum atomic E-state index is 11.1. The van der Waals surface area contributed by atoms with Gasteiger partial charge in [-0.25, -0.2) is 0 Å². The third-order valence-corrected chi connectivity index (χ3v) is 3.43. The summed E-state index contributed by atoms with van der Waals surface area (Å²) in [5.74, 6) is -0.355. The third kappa shape index (κ3) is 5.64. The van der Waals surface area contributed by atoms with Gasteiger partial charge in [0.15, 0.2) is 0 Å². The summed E-state index contributed by atoms with van der Waals surface area (Å²) in [6.45, 7) is 1.88. The van der Waals surface area contributed by atoms with Crippen LogP contribution in [0.3, 0.4) is 0 Å². The van der Waals surface area contributed by atoms with Gasteiger partial charge in [-0.3, -0.25) is 10.1 Å². The van der Waals surface area contributed by atoms with Gasteiger partial charge in [-0.05, 0) is 24.8 Å². The van der Waals surface area contributed by atoms with Crippen molar-refractivity contribution >= 4 is 6.29 Å². The SMILES string of the molecule is CCCC(C=O)C(CCc1ccccc1)C[N+](=O)[O-]. The molecule has 0 saturated carbocycles. The van der Waals surface area contributed by atoms with Crippen molar-refractivity contribution in [1.29, 1.82) is 0 Å². The number of benzene rings is 1. The van der Waals surface area contributed by atoms with Crippen molar-refractivity contribution in [2.45, 2.75) is 32.6 Å². The maximum Gasteiger partial charge on any atom is 0.207 e. The third-order valence-electron chi connectivity index (χ3n) is 3.43. The quantitative estimate of drug-likeness (QED) is 0.390. The lowest BCUT2D eigenvalue weighted by Crippen LogP contribution is -2.25. The van der Waals surface area contributed by atoms with Crippen molar-refractivity contribution in [3.8, 4) is 0 Å². The van der Waals surface area contributed by atoms with Crippen LogP contribution in [0, 0.1) is 22.0 Å². The number of nitro groups is 1. The van der Waals surface area contributed by atoms with Crippen LogP contribution in [0.4, 0.5) is 0 Å². The van der Waals surface area contributed by atoms with E-state index >= 15 is 0 Å². The summed E-state index contributed by atoms with van der Waals surface area (Å²) in [5.41, 5.74) is 1.16. The highest BCUT2D eigenvalue weighted by molar-refractivity contribution is 5.54. The van der Waals surface area contributed by atoms with Gasteiger partial charge in [-0.15, -0.1) is 0 Å². The number of aldehydes is 1. The van der Waals surface area contributed by atoms with Crippen molar-refractivity contribution in [3.63, 3.8) is 0 Å². The molecule has 0 spiro atoms. The molecule has 0 radical (unpaired) electrons. The van der Waals surface area contributed by atoms with Crippen molar-refractivity contribution in [3.05, 3.63) is 46.0 Å². The zero-order valence-corrected chi connectivity index (χ0v) is 11.3. The zero-order chi connectivity index (χ0) is 14.1. The molecule has 1 aromatic rings. The van der Waals surface area contributed by atoms with Gasteiger partial charge in [-0.1, -0.05) is 43.7 Å². The van der Waals surface area contributed by atoms with Crippen molar-refractivity contribution in [2.75, 3.05) is 6.54 Å². The van der Waals surface area contributed by atoms with Gasteiger partial charge in [0.25, 0.3) is 0 Å². The van der Waals surface area contributed by atoms with E-state index in [0.29, 0.717) is 6.42 Å². The Morgan fingerprint density at radius 1 is 1.26 bits per heavy atom. The Morgan fingerprint density at radius 3 is 2.47 bits per heavy atom. The average molecular weight is 263 g/mol. The molecule has 0 aliphatic heterocycles. The summed E-state index contributed by atoms with van der Waals surface area (Å²) >= 11 is 0. The van der Waals surface area contributed by atoms with Crippen LogP contribution < -0.4 is 0 Å². The van der Waals surface area contributed by atoms with Crippen LogP contribution in [0.5, 0.6) is 0 Å². The van der Waals surface area contributed by atoms with Gasteiger partial charge in [0.2, 0.25) is 6.54 Å². The molecule has 104 valence electrons. The van der Waals surface area contributed by atoms with Gasteiger partial charge in [-0.2, -0.15) is 0 Å². The van der Waals surface area contributed by atoms with Crippen LogP contribution in [0.1, 0.15) is 31.7 Å². The minimum Gasteiger partial charge on any atom is -0.303 e. The predicted molar refractivity (Wildman–Crippen MR) is 74.6 cm³/mol. The van der Waals surface area contributed by atoms with E-state index in [2.05, 4.69) is 0 Å². The molecule has 0 saturated heterocycles. The summed E-state index contributed by atoms with van der Waals surface area (Å²) < 4.78 is 0. The molecule has 0 aliphatic carbocycles. The van der Waals surface area contributed by atoms with Gasteiger partial charge in [0, 0.05) is 16.8 Å². The molecule has 4 heteroatoms. The van der Waals surface area contributed by atoms with Gasteiger partial charge < -0.3 is 4.79 Å². The van der Waals surface area contributed by atoms with Crippen LogP contribution in [0.25, 0.3) is 0 Å². The summed E-state index contributed by atoms with van der Waals surface area (Å²) in [6, 6.07) is 9.89. The lowest BCUT2D eigenvalue weighted by atomic mass is 9.85. The molecule has 2 atom stereocenters. The number of aryl methyl sites for hydroxylation is 1. The zero-order valence-electron chi connectivity index (χ0n) is 11.3. The lowest BCUT2D eigenvalue weighted by Gasteiger charge is -2.18. The first-order valence-electron chi connectivity index (χ1n) is 6.78. The highest BCUT2D eigenvalue weighted by Gasteiger charge is 2.24. The Labute approximate surface area is 114 Å². The van der Waals surface area contributed by atoms with Crippen LogP contribution in [-0.4, -0.2) is 17.8 Å². The van der Waals surface area contributed by atoms with E-state index in [1.54, 1.807) is 0 Å². The van der Waals surface area contributed by atoms with Gasteiger partial charge in [0.1, 0.15) is 6.29 Å². The van der Waals surface area contributed by atoms with Crippen LogP contribution in [-0.2, 0) is 11.2 Å². The molecule has 4 nitrogen and oxygen atoms in total. The summed E-state index contributed by atoms with van der Waals surface area (Å²) in [6.07, 6.45) is 3.98. The number of rotatable bonds is 9. The van der Waals surface area contributed by atoms with Gasteiger partial charge in [0.05, 0.1) is 0 Å².